The summed E-state index contributed by atoms with van der Waals surface area (Å²) < 4.78 is 6.94. The molecule has 11 nitrogen and oxygen atoms in total. The molecule has 6 N–H and O–H groups in total. The smallest absolute Gasteiger partial charge is 0.273 e. The fraction of sp³-hybridized carbons (Fsp3) is 0.421. The van der Waals surface area contributed by atoms with E-state index in [9.17, 15) is 4.79 Å². The number of methoxy groups -OCH3 is 1. The van der Waals surface area contributed by atoms with Gasteiger partial charge in [-0.1, -0.05) is 0 Å². The van der Waals surface area contributed by atoms with Crippen LogP contribution >= 0.6 is 0 Å². The number of rotatable bonds is 9. The summed E-state index contributed by atoms with van der Waals surface area (Å²) >= 11 is 0. The standard InChI is InChI=1S/C19H27N9O2/c1-5-28-8-13-10(2)6-12(7-15(13)27-28)23-18-16(17(21)29)25-26-19(24-18)22-11(3)14(20)9-30-4/h6-8,11,14H,5,9,20H2,1-4H3,(H2,21,29)(H2,22,23,24,26)/t11-,14+/m1/s1. The second-order valence-electron chi connectivity index (χ2n) is 7.08. The largest absolute Gasteiger partial charge is 0.383 e. The minimum atomic E-state index is -0.735. The molecular formula is C19H27N9O2. The van der Waals surface area contributed by atoms with E-state index >= 15 is 0 Å². The molecule has 0 fully saturated rings. The van der Waals surface area contributed by atoms with E-state index in [-0.39, 0.29) is 29.5 Å². The van der Waals surface area contributed by atoms with Gasteiger partial charge in [-0.3, -0.25) is 9.48 Å². The van der Waals surface area contributed by atoms with Crippen molar-refractivity contribution in [2.75, 3.05) is 24.4 Å². The quantitative estimate of drug-likeness (QED) is 0.404. The number of ether oxygens (including phenoxy) is 1. The van der Waals surface area contributed by atoms with E-state index in [0.29, 0.717) is 12.3 Å². The fourth-order valence-corrected chi connectivity index (χ4v) is 3.01. The van der Waals surface area contributed by atoms with Crippen LogP contribution < -0.4 is 22.1 Å². The number of hydrogen-bond acceptors (Lipinski definition) is 9. The molecule has 1 aromatic carbocycles. The molecule has 0 saturated heterocycles. The average molecular weight is 413 g/mol. The zero-order valence-electron chi connectivity index (χ0n) is 17.5. The molecule has 11 heteroatoms. The van der Waals surface area contributed by atoms with Crippen molar-refractivity contribution < 1.29 is 9.53 Å². The summed E-state index contributed by atoms with van der Waals surface area (Å²) in [5, 5.41) is 19.7. The van der Waals surface area contributed by atoms with Gasteiger partial charge < -0.3 is 26.8 Å². The molecule has 2 atom stereocenters. The Morgan fingerprint density at radius 1 is 1.33 bits per heavy atom. The Morgan fingerprint density at radius 2 is 2.10 bits per heavy atom. The maximum atomic E-state index is 11.8. The molecule has 0 saturated carbocycles. The Bertz CT molecular complexity index is 1050. The van der Waals surface area contributed by atoms with Crippen LogP contribution in [0.4, 0.5) is 17.5 Å². The van der Waals surface area contributed by atoms with Gasteiger partial charge in [0.15, 0.2) is 11.5 Å². The third-order valence-electron chi connectivity index (χ3n) is 4.74. The van der Waals surface area contributed by atoms with Crippen molar-refractivity contribution in [3.05, 3.63) is 29.6 Å². The van der Waals surface area contributed by atoms with Gasteiger partial charge in [-0.15, -0.1) is 10.2 Å². The number of aromatic nitrogens is 5. The topological polar surface area (TPSA) is 159 Å². The van der Waals surface area contributed by atoms with E-state index in [1.807, 2.05) is 43.8 Å². The maximum Gasteiger partial charge on any atom is 0.273 e. The number of nitrogens with two attached hydrogens (primary N) is 2. The molecule has 0 bridgehead atoms. The maximum absolute atomic E-state index is 11.8. The van der Waals surface area contributed by atoms with Crippen LogP contribution in [0.15, 0.2) is 18.3 Å². The molecule has 3 rings (SSSR count). The van der Waals surface area contributed by atoms with Crippen LogP contribution in [0.5, 0.6) is 0 Å². The van der Waals surface area contributed by atoms with Crippen LogP contribution in [0, 0.1) is 6.92 Å². The molecular weight excluding hydrogens is 386 g/mol. The highest BCUT2D eigenvalue weighted by atomic mass is 16.5. The van der Waals surface area contributed by atoms with Crippen molar-refractivity contribution >= 4 is 34.3 Å². The summed E-state index contributed by atoms with van der Waals surface area (Å²) in [6.45, 7) is 7.05. The molecule has 0 aliphatic heterocycles. The molecule has 1 amide bonds. The van der Waals surface area contributed by atoms with Crippen molar-refractivity contribution in [3.8, 4) is 0 Å². The number of benzene rings is 1. The number of anilines is 3. The molecule has 2 aromatic heterocycles. The Hall–Kier alpha value is -3.31. The van der Waals surface area contributed by atoms with Crippen molar-refractivity contribution in [2.24, 2.45) is 11.5 Å². The van der Waals surface area contributed by atoms with Crippen molar-refractivity contribution in [3.63, 3.8) is 0 Å². The summed E-state index contributed by atoms with van der Waals surface area (Å²) in [7, 11) is 1.58. The van der Waals surface area contributed by atoms with Crippen LogP contribution in [0.3, 0.4) is 0 Å². The van der Waals surface area contributed by atoms with Crippen molar-refractivity contribution in [1.29, 1.82) is 0 Å². The zero-order valence-corrected chi connectivity index (χ0v) is 17.5. The number of carbonyl (C=O) groups is 1. The van der Waals surface area contributed by atoms with Crippen LogP contribution in [0.1, 0.15) is 29.9 Å². The normalized spacial score (nSPS) is 13.2. The highest BCUT2D eigenvalue weighted by Crippen LogP contribution is 2.25. The van der Waals surface area contributed by atoms with Gasteiger partial charge >= 0.3 is 0 Å². The number of fused-ring (bicyclic) bond motifs is 1. The van der Waals surface area contributed by atoms with E-state index in [2.05, 4.69) is 30.9 Å². The molecule has 160 valence electrons. The van der Waals surface area contributed by atoms with Gasteiger partial charge in [0, 0.05) is 43.0 Å². The summed E-state index contributed by atoms with van der Waals surface area (Å²) in [4.78, 5) is 16.2. The number of carbonyl (C=O) groups excluding carboxylic acids is 1. The van der Waals surface area contributed by atoms with Gasteiger partial charge in [-0.25, -0.2) is 0 Å². The number of nitrogens with one attached hydrogen (secondary N) is 2. The Morgan fingerprint density at radius 3 is 2.77 bits per heavy atom. The second kappa shape index (κ2) is 9.01. The van der Waals surface area contributed by atoms with Gasteiger partial charge in [0.2, 0.25) is 5.95 Å². The van der Waals surface area contributed by atoms with Gasteiger partial charge in [0.1, 0.15) is 0 Å². The number of aryl methyl sites for hydroxylation is 2. The predicted molar refractivity (Wildman–Crippen MR) is 115 cm³/mol. The summed E-state index contributed by atoms with van der Waals surface area (Å²) in [5.41, 5.74) is 14.0. The Balaban J connectivity index is 1.92. The van der Waals surface area contributed by atoms with Gasteiger partial charge in [0.25, 0.3) is 5.91 Å². The number of nitrogens with zero attached hydrogens (tertiary/aromatic N) is 5. The van der Waals surface area contributed by atoms with Crippen LogP contribution in [0.2, 0.25) is 0 Å². The molecule has 0 spiro atoms. The molecule has 3 aromatic rings. The monoisotopic (exact) mass is 413 g/mol. The van der Waals surface area contributed by atoms with Crippen molar-refractivity contribution in [1.82, 2.24) is 25.0 Å². The number of hydrogen-bond donors (Lipinski definition) is 4. The lowest BCUT2D eigenvalue weighted by Gasteiger charge is -2.20. The Kier molecular flexibility index (Phi) is 6.43. The van der Waals surface area contributed by atoms with E-state index in [1.165, 1.54) is 0 Å². The SMILES string of the molecule is CCn1cc2c(C)cc(Nc3nc(N[C@H](C)[C@@H](N)COC)nnc3C(N)=O)cc2n1. The summed E-state index contributed by atoms with van der Waals surface area (Å²) in [6, 6.07) is 3.37. The number of amides is 1. The second-order valence-corrected chi connectivity index (χ2v) is 7.08. The lowest BCUT2D eigenvalue weighted by Crippen LogP contribution is -2.41. The molecule has 30 heavy (non-hydrogen) atoms. The van der Waals surface area contributed by atoms with E-state index in [1.54, 1.807) is 7.11 Å². The summed E-state index contributed by atoms with van der Waals surface area (Å²) in [6.07, 6.45) is 2.00. The molecule has 0 radical (unpaired) electrons. The minimum absolute atomic E-state index is 0.0637. The minimum Gasteiger partial charge on any atom is -0.383 e. The first kappa shape index (κ1) is 21.4. The van der Waals surface area contributed by atoms with Gasteiger partial charge in [0.05, 0.1) is 12.1 Å². The first-order chi connectivity index (χ1) is 14.3. The van der Waals surface area contributed by atoms with Crippen LogP contribution in [0.25, 0.3) is 10.9 Å². The average Bonchev–Trinajstić information content (AvgIpc) is 3.12. The molecule has 2 heterocycles. The first-order valence-corrected chi connectivity index (χ1v) is 9.62. The van der Waals surface area contributed by atoms with Crippen LogP contribution in [-0.2, 0) is 11.3 Å². The van der Waals surface area contributed by atoms with E-state index in [4.69, 9.17) is 16.2 Å². The summed E-state index contributed by atoms with van der Waals surface area (Å²) in [5.74, 6) is -0.322. The van der Waals surface area contributed by atoms with E-state index in [0.717, 1.165) is 23.0 Å². The molecule has 0 aliphatic carbocycles. The number of primary amides is 1. The fourth-order valence-electron chi connectivity index (χ4n) is 3.01. The van der Waals surface area contributed by atoms with E-state index < -0.39 is 5.91 Å². The lowest BCUT2D eigenvalue weighted by molar-refractivity contribution is 0.0995. The highest BCUT2D eigenvalue weighted by molar-refractivity contribution is 5.96. The third-order valence-corrected chi connectivity index (χ3v) is 4.74. The van der Waals surface area contributed by atoms with Crippen molar-refractivity contribution in [2.45, 2.75) is 39.4 Å². The highest BCUT2D eigenvalue weighted by Gasteiger charge is 2.18. The zero-order chi connectivity index (χ0) is 21.8. The van der Waals surface area contributed by atoms with Crippen LogP contribution in [-0.4, -0.2) is 56.7 Å². The molecule has 0 aliphatic rings. The van der Waals surface area contributed by atoms with Gasteiger partial charge in [-0.05, 0) is 38.5 Å². The Labute approximate surface area is 174 Å². The van der Waals surface area contributed by atoms with Gasteiger partial charge in [-0.2, -0.15) is 10.1 Å². The molecule has 0 unspecified atom stereocenters. The first-order valence-electron chi connectivity index (χ1n) is 9.62. The predicted octanol–water partition coefficient (Wildman–Crippen LogP) is 1.17. The lowest BCUT2D eigenvalue weighted by atomic mass is 10.1. The third kappa shape index (κ3) is 4.63.